The lowest BCUT2D eigenvalue weighted by Gasteiger charge is -2.33. The molecule has 2 unspecified atom stereocenters. The number of hydrogen-bond donors (Lipinski definition) is 1. The zero-order valence-corrected chi connectivity index (χ0v) is 17.4. The maximum Gasteiger partial charge on any atom is 0.253 e. The number of rotatable bonds is 5. The van der Waals surface area contributed by atoms with Crippen LogP contribution in [-0.2, 0) is 4.79 Å². The largest absolute Gasteiger partial charge is 0.349 e. The average Bonchev–Trinajstić information content (AvgIpc) is 2.72. The fourth-order valence-corrected chi connectivity index (χ4v) is 3.82. The van der Waals surface area contributed by atoms with Gasteiger partial charge in [-0.2, -0.15) is 0 Å². The Bertz CT molecular complexity index is 823. The Balaban J connectivity index is 1.64. The quantitative estimate of drug-likeness (QED) is 0.722. The summed E-state index contributed by atoms with van der Waals surface area (Å²) in [5, 5.41) is 3.14. The maximum atomic E-state index is 13.1. The molecule has 0 bridgehead atoms. The molecule has 0 aliphatic carbocycles. The van der Waals surface area contributed by atoms with Crippen molar-refractivity contribution in [2.75, 3.05) is 13.1 Å². The predicted octanol–water partition coefficient (Wildman–Crippen LogP) is 4.71. The van der Waals surface area contributed by atoms with Gasteiger partial charge in [-0.05, 0) is 61.2 Å². The first kappa shape index (κ1) is 20.5. The number of piperidine rings is 1. The van der Waals surface area contributed by atoms with Gasteiger partial charge in [0.2, 0.25) is 5.91 Å². The number of carbonyl (C=O) groups is 2. The zero-order valence-electron chi connectivity index (χ0n) is 15.8. The number of benzene rings is 2. The Morgan fingerprint density at radius 1 is 1.18 bits per heavy atom. The molecular weight excluding hydrogens is 423 g/mol. The molecule has 0 radical (unpaired) electrons. The highest BCUT2D eigenvalue weighted by atomic mass is 79.9. The molecule has 2 aromatic carbocycles. The smallest absolute Gasteiger partial charge is 0.253 e. The van der Waals surface area contributed by atoms with E-state index in [9.17, 15) is 14.0 Å². The molecule has 0 aromatic heterocycles. The van der Waals surface area contributed by atoms with Crippen LogP contribution in [0.1, 0.15) is 48.1 Å². The van der Waals surface area contributed by atoms with Crippen LogP contribution in [0.5, 0.6) is 0 Å². The second-order valence-electron chi connectivity index (χ2n) is 7.12. The van der Waals surface area contributed by atoms with E-state index in [1.807, 2.05) is 31.2 Å². The van der Waals surface area contributed by atoms with Gasteiger partial charge in [-0.25, -0.2) is 4.39 Å². The van der Waals surface area contributed by atoms with E-state index in [4.69, 9.17) is 0 Å². The Morgan fingerprint density at radius 3 is 2.50 bits per heavy atom. The van der Waals surface area contributed by atoms with Crippen molar-refractivity contribution < 1.29 is 14.0 Å². The van der Waals surface area contributed by atoms with Gasteiger partial charge in [-0.15, -0.1) is 0 Å². The molecule has 1 fully saturated rings. The first-order valence-electron chi connectivity index (χ1n) is 9.58. The summed E-state index contributed by atoms with van der Waals surface area (Å²) in [6.45, 7) is 3.04. The number of halogens is 2. The maximum absolute atomic E-state index is 13.1. The Hall–Kier alpha value is -2.21. The van der Waals surface area contributed by atoms with Crippen LogP contribution < -0.4 is 5.32 Å². The van der Waals surface area contributed by atoms with Crippen LogP contribution in [0.2, 0.25) is 0 Å². The van der Waals surface area contributed by atoms with Crippen molar-refractivity contribution in [1.82, 2.24) is 10.2 Å². The first-order valence-corrected chi connectivity index (χ1v) is 10.4. The standard InChI is InChI=1S/C22H24BrFN2O2/c1-2-20(15-5-9-18(23)10-6-15)25-21(27)17-4-3-13-26(14-17)22(28)16-7-11-19(24)12-8-16/h5-12,17,20H,2-4,13-14H2,1H3,(H,25,27). The molecule has 28 heavy (non-hydrogen) atoms. The molecular formula is C22H24BrFN2O2. The van der Waals surface area contributed by atoms with Gasteiger partial charge < -0.3 is 10.2 Å². The van der Waals surface area contributed by atoms with Crippen molar-refractivity contribution in [3.8, 4) is 0 Å². The van der Waals surface area contributed by atoms with Gasteiger partial charge in [-0.1, -0.05) is 35.0 Å². The van der Waals surface area contributed by atoms with E-state index in [1.54, 1.807) is 4.90 Å². The molecule has 0 spiro atoms. The molecule has 0 saturated carbocycles. The third-order valence-corrected chi connectivity index (χ3v) is 5.70. The number of hydrogen-bond acceptors (Lipinski definition) is 2. The molecule has 2 amide bonds. The zero-order chi connectivity index (χ0) is 20.1. The van der Waals surface area contributed by atoms with Crippen LogP contribution in [0, 0.1) is 11.7 Å². The van der Waals surface area contributed by atoms with Crippen LogP contribution in [0.15, 0.2) is 53.0 Å². The minimum Gasteiger partial charge on any atom is -0.349 e. The highest BCUT2D eigenvalue weighted by Crippen LogP contribution is 2.23. The van der Waals surface area contributed by atoms with Crippen LogP contribution in [-0.4, -0.2) is 29.8 Å². The molecule has 1 aliphatic heterocycles. The van der Waals surface area contributed by atoms with Crippen molar-refractivity contribution >= 4 is 27.7 Å². The molecule has 2 aromatic rings. The fraction of sp³-hybridized carbons (Fsp3) is 0.364. The van der Waals surface area contributed by atoms with E-state index in [2.05, 4.69) is 21.2 Å². The number of amides is 2. The van der Waals surface area contributed by atoms with E-state index in [0.717, 1.165) is 29.3 Å². The summed E-state index contributed by atoms with van der Waals surface area (Å²) in [6, 6.07) is 13.4. The molecule has 1 aliphatic rings. The van der Waals surface area contributed by atoms with E-state index < -0.39 is 0 Å². The lowest BCUT2D eigenvalue weighted by atomic mass is 9.95. The van der Waals surface area contributed by atoms with E-state index in [1.165, 1.54) is 24.3 Å². The second kappa shape index (κ2) is 9.32. The SMILES string of the molecule is CCC(NC(=O)C1CCCN(C(=O)c2ccc(F)cc2)C1)c1ccc(Br)cc1. The van der Waals surface area contributed by atoms with E-state index in [0.29, 0.717) is 18.7 Å². The highest BCUT2D eigenvalue weighted by Gasteiger charge is 2.30. The minimum absolute atomic E-state index is 0.0219. The van der Waals surface area contributed by atoms with Crippen molar-refractivity contribution in [2.45, 2.75) is 32.2 Å². The van der Waals surface area contributed by atoms with Gasteiger partial charge in [0.1, 0.15) is 5.82 Å². The van der Waals surface area contributed by atoms with Crippen LogP contribution in [0.3, 0.4) is 0 Å². The predicted molar refractivity (Wildman–Crippen MR) is 110 cm³/mol. The van der Waals surface area contributed by atoms with Crippen molar-refractivity contribution in [3.63, 3.8) is 0 Å². The van der Waals surface area contributed by atoms with Gasteiger partial charge >= 0.3 is 0 Å². The van der Waals surface area contributed by atoms with Crippen LogP contribution in [0.25, 0.3) is 0 Å². The Kier molecular flexibility index (Phi) is 6.83. The van der Waals surface area contributed by atoms with E-state index in [-0.39, 0.29) is 29.6 Å². The van der Waals surface area contributed by atoms with Gasteiger partial charge in [0.15, 0.2) is 0 Å². The van der Waals surface area contributed by atoms with Gasteiger partial charge in [0.05, 0.1) is 12.0 Å². The normalized spacial score (nSPS) is 17.8. The van der Waals surface area contributed by atoms with Crippen LogP contribution >= 0.6 is 15.9 Å². The summed E-state index contributed by atoms with van der Waals surface area (Å²) in [7, 11) is 0. The molecule has 1 saturated heterocycles. The summed E-state index contributed by atoms with van der Waals surface area (Å²) in [4.78, 5) is 27.2. The molecule has 6 heteroatoms. The number of nitrogens with zero attached hydrogens (tertiary/aromatic N) is 1. The highest BCUT2D eigenvalue weighted by molar-refractivity contribution is 9.10. The molecule has 2 atom stereocenters. The fourth-order valence-electron chi connectivity index (χ4n) is 3.56. The monoisotopic (exact) mass is 446 g/mol. The van der Waals surface area contributed by atoms with Gasteiger partial charge in [0.25, 0.3) is 5.91 Å². The molecule has 3 rings (SSSR count). The molecule has 1 N–H and O–H groups in total. The third-order valence-electron chi connectivity index (χ3n) is 5.17. The number of likely N-dealkylation sites (tertiary alicyclic amines) is 1. The lowest BCUT2D eigenvalue weighted by molar-refractivity contribution is -0.127. The summed E-state index contributed by atoms with van der Waals surface area (Å²) < 4.78 is 14.1. The third kappa shape index (κ3) is 4.98. The average molecular weight is 447 g/mol. The Labute approximate surface area is 173 Å². The summed E-state index contributed by atoms with van der Waals surface area (Å²) in [5.41, 5.74) is 1.51. The van der Waals surface area contributed by atoms with Gasteiger partial charge in [-0.3, -0.25) is 9.59 Å². The molecule has 1 heterocycles. The van der Waals surface area contributed by atoms with E-state index >= 15 is 0 Å². The second-order valence-corrected chi connectivity index (χ2v) is 8.03. The minimum atomic E-state index is -0.369. The molecule has 148 valence electrons. The van der Waals surface area contributed by atoms with Crippen molar-refractivity contribution in [3.05, 3.63) is 69.9 Å². The first-order chi connectivity index (χ1) is 13.5. The molecule has 4 nitrogen and oxygen atoms in total. The lowest BCUT2D eigenvalue weighted by Crippen LogP contribution is -2.46. The topological polar surface area (TPSA) is 49.4 Å². The number of nitrogens with one attached hydrogen (secondary N) is 1. The number of carbonyl (C=O) groups excluding carboxylic acids is 2. The van der Waals surface area contributed by atoms with Gasteiger partial charge in [0, 0.05) is 23.1 Å². The van der Waals surface area contributed by atoms with Crippen LogP contribution in [0.4, 0.5) is 4.39 Å². The summed E-state index contributed by atoms with van der Waals surface area (Å²) in [5.74, 6) is -0.780. The Morgan fingerprint density at radius 2 is 1.86 bits per heavy atom. The summed E-state index contributed by atoms with van der Waals surface area (Å²) >= 11 is 3.43. The van der Waals surface area contributed by atoms with Crippen molar-refractivity contribution in [1.29, 1.82) is 0 Å². The summed E-state index contributed by atoms with van der Waals surface area (Å²) in [6.07, 6.45) is 2.33. The van der Waals surface area contributed by atoms with Crippen molar-refractivity contribution in [2.24, 2.45) is 5.92 Å².